The lowest BCUT2D eigenvalue weighted by atomic mass is 10.1. The molecule has 140 heavy (non-hydrogen) atoms. The lowest BCUT2D eigenvalue weighted by molar-refractivity contribution is -0.138. The minimum absolute atomic E-state index is 0.0822. The summed E-state index contributed by atoms with van der Waals surface area (Å²) in [6.45, 7) is 11.8. The van der Waals surface area contributed by atoms with Gasteiger partial charge >= 0.3 is 73.2 Å². The van der Waals surface area contributed by atoms with Crippen LogP contribution in [0.4, 0.5) is 134 Å². The van der Waals surface area contributed by atoms with Crippen LogP contribution in [0.2, 0.25) is 0 Å². The Labute approximate surface area is 791 Å². The number of aromatic nitrogens is 1. The smallest absolute Gasteiger partial charge is 0.416 e. The van der Waals surface area contributed by atoms with Crippen molar-refractivity contribution in [2.24, 2.45) is 0 Å². The number of carbonyl (C=O) groups excluding carboxylic acids is 13. The van der Waals surface area contributed by atoms with Crippen LogP contribution in [0.5, 0.6) is 0 Å². The molecule has 10 bridgehead atoms. The molecule has 15 saturated heterocycles. The highest BCUT2D eigenvalue weighted by molar-refractivity contribution is 7.89. The molecule has 19 amide bonds. The van der Waals surface area contributed by atoms with Gasteiger partial charge in [0.2, 0.25) is 15.9 Å². The molecule has 51 heteroatoms. The van der Waals surface area contributed by atoms with Gasteiger partial charge in [-0.2, -0.15) is 70.2 Å². The lowest BCUT2D eigenvalue weighted by Gasteiger charge is -2.36. The second kappa shape index (κ2) is 35.1. The summed E-state index contributed by atoms with van der Waals surface area (Å²) < 4.78 is 226. The Morgan fingerprint density at radius 1 is 0.414 bits per heavy atom. The van der Waals surface area contributed by atoms with Crippen LogP contribution in [0.1, 0.15) is 108 Å². The van der Waals surface area contributed by atoms with E-state index < -0.39 is 206 Å². The third-order valence-corrected chi connectivity index (χ3v) is 29.9. The summed E-state index contributed by atoms with van der Waals surface area (Å²) in [4.78, 5) is 187. The number of imide groups is 5. The number of hydrogen-bond donors (Lipinski definition) is 2. The first-order chi connectivity index (χ1) is 65.5. The Kier molecular flexibility index (Phi) is 24.6. The van der Waals surface area contributed by atoms with Gasteiger partial charge in [-0.3, -0.25) is 33.8 Å². The average Bonchev–Trinajstić information content (AvgIpc) is 1.54. The van der Waals surface area contributed by atoms with Crippen LogP contribution >= 0.6 is 12.2 Å². The molecule has 2 N–H and O–H groups in total. The number of rotatable bonds is 9. The molecule has 0 saturated carbocycles. The molecule has 21 rings (SSSR count). The Morgan fingerprint density at radius 3 is 1.00 bits per heavy atom. The third-order valence-electron chi connectivity index (χ3n) is 27.3. The summed E-state index contributed by atoms with van der Waals surface area (Å²) in [6.07, 6.45) is -17.6. The number of alkyl halides is 15. The number of methoxy groups -OCH3 is 1. The number of ether oxygens (including phenoxy) is 1. The van der Waals surface area contributed by atoms with E-state index in [-0.39, 0.29) is 83.7 Å². The first kappa shape index (κ1) is 98.1. The summed E-state index contributed by atoms with van der Waals surface area (Å²) in [5, 5.41) is 5.68. The normalized spacial score (nSPS) is 26.8. The molecular formula is C89H85F15N18O16S2. The topological polar surface area (TPSA) is 351 Å². The predicted octanol–water partition coefficient (Wildman–Crippen LogP) is 12.2. The minimum Gasteiger partial charge on any atom is -0.453 e. The zero-order chi connectivity index (χ0) is 101. The van der Waals surface area contributed by atoms with Crippen LogP contribution < -0.4 is 35.1 Å². The number of thiocarbonyl (C=S) groups is 1. The van der Waals surface area contributed by atoms with E-state index in [4.69, 9.17) is 17.0 Å². The van der Waals surface area contributed by atoms with Crippen LogP contribution in [0.15, 0.2) is 146 Å². The molecule has 5 aromatic carbocycles. The summed E-state index contributed by atoms with van der Waals surface area (Å²) in [5.74, 6) is -3.12. The van der Waals surface area contributed by atoms with E-state index in [9.17, 15) is 137 Å². The Morgan fingerprint density at radius 2 is 0.700 bits per heavy atom. The third kappa shape index (κ3) is 16.9. The molecule has 10 unspecified atom stereocenters. The van der Waals surface area contributed by atoms with E-state index in [0.29, 0.717) is 69.0 Å². The van der Waals surface area contributed by atoms with E-state index in [1.54, 1.807) is 41.2 Å². The van der Waals surface area contributed by atoms with Crippen molar-refractivity contribution in [3.8, 4) is 0 Å². The van der Waals surface area contributed by atoms with Crippen molar-refractivity contribution in [3.63, 3.8) is 0 Å². The van der Waals surface area contributed by atoms with E-state index in [1.807, 2.05) is 25.7 Å². The fourth-order valence-corrected chi connectivity index (χ4v) is 23.2. The SMILES string of the molecule is CC(C)(C)NC(=O)N1CC2CC1[C@@H]1C(=O)N(c3cccc(C(F)(F)F)c3)C(=O)N21.CC(C)S(=O)(=O)N1CC2CC1[C@@H]1C(=O)N(c3cccc(C(F)(F)F)c3)C(=O)N21.CCC(=O)N1CC2CC1[C@@H]1C(=O)N(c3cccc(C(F)(F)F)c3)C(=O)N21.COC(=O)N1CC2CC1[C@@H]1C(=O)N(c3cccc(C(F)(F)F)c3)C(=O)N21.O=C1[C@H]2C3CC(CN3C(=S)Nc3cccnc3)N2C(=O)N1c1cccc(C(F)(F)F)c1. The highest BCUT2D eigenvalue weighted by Crippen LogP contribution is 2.51. The van der Waals surface area contributed by atoms with E-state index in [1.165, 1.54) is 103 Å². The molecule has 0 aliphatic carbocycles. The van der Waals surface area contributed by atoms with Gasteiger partial charge in [-0.05, 0) is 182 Å². The summed E-state index contributed by atoms with van der Waals surface area (Å²) >= 11 is 5.50. The molecule has 15 atom stereocenters. The summed E-state index contributed by atoms with van der Waals surface area (Å²) in [5.41, 5.74) is -5.04. The standard InChI is InChI=1S/C20H16F3N5O2S.C19H21F3N4O3.C17H18F3N3O4S.C17H16F3N3O3.C16H14F3N3O4/c21-20(22,23)11-3-1-5-13(7-11)28-17(29)16-15-8-14(27(16)19(28)30)10-26(15)18(31)25-12-4-2-6-24-9-12;1-18(2,3)23-16(28)24-9-12-8-13(24)14-15(27)26(17(29)25(12)14)11-6-4-5-10(7-11)19(20,21)22;1-9(2)28(26,27)21-8-12-7-13(21)14-15(24)23(16(25)22(12)14)11-5-3-4-10(6-11)17(18,19)20;1-2-13(24)21-8-11-7-12(21)14-15(25)23(16(26)22(11)14)10-5-3-4-9(6-10)17(18,19)20;1-26-15(25)20-7-10-6-11(20)12-13(23)22(14(24)21(10)12)9-4-2-3-8(5-9)16(17,18)19/h1-7,9,14-16H,8,10H2,(H,25,31);4-7,12-14H,8-9H2,1-3H3,(H,23,28);3-6,9,12-14H,7-8H2,1-2H3;3-6,11-12,14H,2,7-8H2,1H3;2-5,10-12H,6-7H2,1H3/t14?,15?,16-;2*12?,13?,14-;11?,12?,14-;10?,11?,12-/m11111/s1. The van der Waals surface area contributed by atoms with Crippen LogP contribution in [-0.4, -0.2) is 286 Å². The number of benzene rings is 5. The number of urea groups is 6. The number of fused-ring (bicyclic) bond motifs is 25. The summed E-state index contributed by atoms with van der Waals surface area (Å²) in [7, 11) is -2.39. The number of nitrogens with zero attached hydrogens (tertiary/aromatic N) is 16. The van der Waals surface area contributed by atoms with E-state index in [2.05, 4.69) is 15.6 Å². The Hall–Kier alpha value is -13.5. The van der Waals surface area contributed by atoms with Crippen molar-refractivity contribution in [1.82, 2.24) is 58.7 Å². The zero-order valence-corrected chi connectivity index (χ0v) is 76.2. The highest BCUT2D eigenvalue weighted by Gasteiger charge is 2.69. The summed E-state index contributed by atoms with van der Waals surface area (Å²) in [6, 6.07) is 12.2. The molecule has 0 radical (unpaired) electrons. The maximum Gasteiger partial charge on any atom is 0.416 e. The van der Waals surface area contributed by atoms with E-state index in [0.717, 1.165) is 97.3 Å². The second-order valence-corrected chi connectivity index (χ2v) is 39.7. The largest absolute Gasteiger partial charge is 0.453 e. The van der Waals surface area contributed by atoms with Gasteiger partial charge in [-0.15, -0.1) is 0 Å². The highest BCUT2D eigenvalue weighted by atomic mass is 32.2. The van der Waals surface area contributed by atoms with Gasteiger partial charge in [0.05, 0.1) is 135 Å². The zero-order valence-electron chi connectivity index (χ0n) is 74.5. The number of amides is 19. The number of nitrogens with one attached hydrogen (secondary N) is 2. The van der Waals surface area contributed by atoms with Crippen molar-refractivity contribution in [3.05, 3.63) is 174 Å². The Balaban J connectivity index is 0.000000121. The monoisotopic (exact) mass is 2010 g/mol. The number of anilines is 6. The van der Waals surface area contributed by atoms with Gasteiger partial charge in [0.1, 0.15) is 30.2 Å². The van der Waals surface area contributed by atoms with Crippen molar-refractivity contribution in [2.75, 3.05) is 69.6 Å². The predicted molar refractivity (Wildman–Crippen MR) is 465 cm³/mol. The molecule has 1 aromatic heterocycles. The fraction of sp³-hybridized carbons (Fsp3) is 0.449. The average molecular weight is 2010 g/mol. The molecule has 16 heterocycles. The number of pyridine rings is 1. The first-order valence-corrected chi connectivity index (χ1v) is 45.9. The quantitative estimate of drug-likeness (QED) is 0.0771. The number of piperazine rings is 5. The first-order valence-electron chi connectivity index (χ1n) is 43.9. The van der Waals surface area contributed by atoms with Gasteiger partial charge in [0.15, 0.2) is 5.11 Å². The number of carbonyl (C=O) groups is 13. The van der Waals surface area contributed by atoms with Crippen molar-refractivity contribution in [1.29, 1.82) is 0 Å². The van der Waals surface area contributed by atoms with E-state index >= 15 is 0 Å². The number of hydrogen-bond acceptors (Lipinski definition) is 18. The number of likely N-dealkylation sites (tertiary alicyclic amines) is 4. The molecule has 15 aliphatic rings. The van der Waals surface area contributed by atoms with Crippen LogP contribution in [0, 0.1) is 0 Å². The van der Waals surface area contributed by atoms with Gasteiger partial charge in [0.25, 0.3) is 29.5 Å². The van der Waals surface area contributed by atoms with Gasteiger partial charge in [0, 0.05) is 56.9 Å². The maximum atomic E-state index is 13.2. The molecule has 0 spiro atoms. The van der Waals surface area contributed by atoms with Crippen LogP contribution in [0.3, 0.4) is 0 Å². The van der Waals surface area contributed by atoms with Gasteiger partial charge < -0.3 is 59.5 Å². The molecular weight excluding hydrogens is 1930 g/mol. The molecule has 34 nitrogen and oxygen atoms in total. The maximum absolute atomic E-state index is 13.2. The second-order valence-electron chi connectivity index (χ2n) is 36.9. The Bertz CT molecular complexity index is 6140. The molecule has 15 aliphatic heterocycles. The van der Waals surface area contributed by atoms with Gasteiger partial charge in [-0.1, -0.05) is 37.3 Å². The lowest BCUT2D eigenvalue weighted by Crippen LogP contribution is -2.59. The van der Waals surface area contributed by atoms with Gasteiger partial charge in [-0.25, -0.2) is 66.5 Å². The minimum atomic E-state index is -4.61. The molecule has 6 aromatic rings. The van der Waals surface area contributed by atoms with Crippen molar-refractivity contribution >= 4 is 139 Å². The van der Waals surface area contributed by atoms with Crippen LogP contribution in [0.25, 0.3) is 0 Å². The van der Waals surface area contributed by atoms with Crippen LogP contribution in [-0.2, 0) is 74.4 Å². The number of sulfonamides is 1. The molecule has 744 valence electrons. The molecule has 15 fully saturated rings. The van der Waals surface area contributed by atoms with Crippen molar-refractivity contribution in [2.45, 2.75) is 212 Å². The van der Waals surface area contributed by atoms with Crippen molar-refractivity contribution < 1.29 is 141 Å². The number of halogens is 15. The fourth-order valence-electron chi connectivity index (χ4n) is 21.4.